The summed E-state index contributed by atoms with van der Waals surface area (Å²) in [6.45, 7) is 2.07. The Kier molecular flexibility index (Phi) is 5.52. The van der Waals surface area contributed by atoms with Crippen LogP contribution in [0.5, 0.6) is 0 Å². The van der Waals surface area contributed by atoms with Crippen LogP contribution in [0.15, 0.2) is 60.7 Å². The molecule has 5 rings (SSSR count). The summed E-state index contributed by atoms with van der Waals surface area (Å²) < 4.78 is 0. The molecule has 0 saturated carbocycles. The molecule has 0 radical (unpaired) electrons. The topological polar surface area (TPSA) is 69.7 Å². The van der Waals surface area contributed by atoms with Gasteiger partial charge >= 0.3 is 0 Å². The Morgan fingerprint density at radius 1 is 0.906 bits per heavy atom. The average molecular weight is 430 g/mol. The fraction of sp³-hybridized carbons (Fsp3) is 0.346. The Bertz CT molecular complexity index is 1050. The van der Waals surface area contributed by atoms with Gasteiger partial charge in [0.25, 0.3) is 0 Å². The number of hydrogen-bond donors (Lipinski definition) is 1. The van der Waals surface area contributed by atoms with Gasteiger partial charge in [-0.25, -0.2) is 0 Å². The first-order valence-electron chi connectivity index (χ1n) is 11.3. The maximum absolute atomic E-state index is 12.5. The molecule has 1 N–H and O–H groups in total. The number of nitrogens with zero attached hydrogens (tertiary/aromatic N) is 2. The van der Waals surface area contributed by atoms with E-state index in [1.54, 1.807) is 0 Å². The zero-order valence-electron chi connectivity index (χ0n) is 18.0. The molecule has 1 aliphatic carbocycles. The van der Waals surface area contributed by atoms with Crippen LogP contribution in [0.3, 0.4) is 0 Å². The number of carbonyl (C=O) groups is 3. The Hall–Kier alpha value is -3.41. The van der Waals surface area contributed by atoms with Crippen LogP contribution in [-0.2, 0) is 33.9 Å². The van der Waals surface area contributed by atoms with Crippen molar-refractivity contribution in [2.75, 3.05) is 18.0 Å². The SMILES string of the molecule is O=C(CN1C(=O)[C@H]2CC=CC[C@@H]2C1=O)NCc1ccc(CN2CCc3ccccc32)cc1. The summed E-state index contributed by atoms with van der Waals surface area (Å²) in [5.74, 6) is -1.33. The van der Waals surface area contributed by atoms with Crippen molar-refractivity contribution in [3.63, 3.8) is 0 Å². The monoisotopic (exact) mass is 429 g/mol. The van der Waals surface area contributed by atoms with Gasteiger partial charge < -0.3 is 10.2 Å². The Labute approximate surface area is 187 Å². The summed E-state index contributed by atoms with van der Waals surface area (Å²) in [6.07, 6.45) is 6.15. The van der Waals surface area contributed by atoms with Crippen molar-refractivity contribution in [2.45, 2.75) is 32.4 Å². The van der Waals surface area contributed by atoms with Crippen LogP contribution >= 0.6 is 0 Å². The highest BCUT2D eigenvalue weighted by atomic mass is 16.2. The van der Waals surface area contributed by atoms with E-state index in [9.17, 15) is 14.4 Å². The Balaban J connectivity index is 1.13. The van der Waals surface area contributed by atoms with Crippen molar-refractivity contribution in [2.24, 2.45) is 11.8 Å². The van der Waals surface area contributed by atoms with Crippen molar-refractivity contribution < 1.29 is 14.4 Å². The first-order valence-corrected chi connectivity index (χ1v) is 11.3. The molecule has 2 aromatic carbocycles. The van der Waals surface area contributed by atoms with Crippen LogP contribution in [0.4, 0.5) is 5.69 Å². The fourth-order valence-corrected chi connectivity index (χ4v) is 4.98. The van der Waals surface area contributed by atoms with Crippen LogP contribution in [0, 0.1) is 11.8 Å². The van der Waals surface area contributed by atoms with Crippen molar-refractivity contribution in [3.05, 3.63) is 77.4 Å². The molecular formula is C26H27N3O3. The minimum absolute atomic E-state index is 0.197. The molecular weight excluding hydrogens is 402 g/mol. The maximum atomic E-state index is 12.5. The zero-order valence-corrected chi connectivity index (χ0v) is 18.0. The van der Waals surface area contributed by atoms with Gasteiger partial charge in [-0.2, -0.15) is 0 Å². The molecule has 2 atom stereocenters. The number of carbonyl (C=O) groups excluding carboxylic acids is 3. The lowest BCUT2D eigenvalue weighted by molar-refractivity contribution is -0.143. The third kappa shape index (κ3) is 3.93. The molecule has 6 nitrogen and oxygen atoms in total. The molecule has 3 amide bonds. The number of anilines is 1. The lowest BCUT2D eigenvalue weighted by Crippen LogP contribution is -2.40. The number of hydrogen-bond acceptors (Lipinski definition) is 4. The number of benzene rings is 2. The van der Waals surface area contributed by atoms with Crippen LogP contribution < -0.4 is 10.2 Å². The summed E-state index contributed by atoms with van der Waals surface area (Å²) >= 11 is 0. The number of imide groups is 1. The maximum Gasteiger partial charge on any atom is 0.240 e. The highest BCUT2D eigenvalue weighted by Crippen LogP contribution is 2.34. The third-order valence-corrected chi connectivity index (χ3v) is 6.77. The standard InChI is InChI=1S/C26H27N3O3/c30-24(17-29-25(31)21-6-2-3-7-22(21)26(29)32)27-15-18-9-11-19(12-10-18)16-28-14-13-20-5-1-4-8-23(20)28/h1-5,8-12,21-22H,6-7,13-17H2,(H,27,30)/t21-,22-/m0/s1. The molecule has 0 spiro atoms. The van der Waals surface area contributed by atoms with Gasteiger partial charge in [-0.3, -0.25) is 19.3 Å². The summed E-state index contributed by atoms with van der Waals surface area (Å²) in [4.78, 5) is 40.9. The number of likely N-dealkylation sites (tertiary alicyclic amines) is 1. The molecule has 3 aliphatic rings. The van der Waals surface area contributed by atoms with Crippen LogP contribution in [0.1, 0.15) is 29.5 Å². The summed E-state index contributed by atoms with van der Waals surface area (Å²) in [7, 11) is 0. The molecule has 164 valence electrons. The minimum atomic E-state index is -0.309. The van der Waals surface area contributed by atoms with E-state index in [0.717, 1.165) is 30.0 Å². The minimum Gasteiger partial charge on any atom is -0.367 e. The lowest BCUT2D eigenvalue weighted by Gasteiger charge is -2.19. The van der Waals surface area contributed by atoms with Crippen molar-refractivity contribution in [3.8, 4) is 0 Å². The number of amides is 3. The number of para-hydroxylation sites is 1. The van der Waals surface area contributed by atoms with E-state index < -0.39 is 0 Å². The van der Waals surface area contributed by atoms with Gasteiger partial charge in [0.15, 0.2) is 0 Å². The normalized spacial score (nSPS) is 21.6. The highest BCUT2D eigenvalue weighted by Gasteiger charge is 2.47. The van der Waals surface area contributed by atoms with Crippen molar-refractivity contribution in [1.82, 2.24) is 10.2 Å². The molecule has 6 heteroatoms. The largest absolute Gasteiger partial charge is 0.367 e. The summed E-state index contributed by atoms with van der Waals surface area (Å²) in [6, 6.07) is 16.8. The van der Waals surface area contributed by atoms with E-state index >= 15 is 0 Å². The van der Waals surface area contributed by atoms with Gasteiger partial charge in [0.1, 0.15) is 6.54 Å². The second kappa shape index (κ2) is 8.61. The Morgan fingerprint density at radius 2 is 1.56 bits per heavy atom. The van der Waals surface area contributed by atoms with Crippen molar-refractivity contribution >= 4 is 23.4 Å². The molecule has 0 unspecified atom stereocenters. The fourth-order valence-electron chi connectivity index (χ4n) is 4.98. The summed E-state index contributed by atoms with van der Waals surface area (Å²) in [5.41, 5.74) is 4.92. The van der Waals surface area contributed by atoms with E-state index in [1.807, 2.05) is 24.3 Å². The predicted molar refractivity (Wildman–Crippen MR) is 122 cm³/mol. The second-order valence-electron chi connectivity index (χ2n) is 8.81. The lowest BCUT2D eigenvalue weighted by atomic mass is 9.85. The van der Waals surface area contributed by atoms with E-state index in [0.29, 0.717) is 19.4 Å². The number of nitrogens with one attached hydrogen (secondary N) is 1. The Morgan fingerprint density at radius 3 is 2.28 bits per heavy atom. The van der Waals surface area contributed by atoms with E-state index in [4.69, 9.17) is 0 Å². The van der Waals surface area contributed by atoms with E-state index in [1.165, 1.54) is 16.8 Å². The number of fused-ring (bicyclic) bond motifs is 2. The van der Waals surface area contributed by atoms with Crippen LogP contribution in [-0.4, -0.2) is 35.7 Å². The number of rotatable bonds is 6. The quantitative estimate of drug-likeness (QED) is 0.566. The molecule has 2 aliphatic heterocycles. The number of allylic oxidation sites excluding steroid dienone is 2. The van der Waals surface area contributed by atoms with Gasteiger partial charge in [-0.1, -0.05) is 54.6 Å². The summed E-state index contributed by atoms with van der Waals surface area (Å²) in [5, 5.41) is 2.84. The zero-order chi connectivity index (χ0) is 22.1. The van der Waals surface area contributed by atoms with Crippen LogP contribution in [0.2, 0.25) is 0 Å². The van der Waals surface area contributed by atoms with Crippen LogP contribution in [0.25, 0.3) is 0 Å². The van der Waals surface area contributed by atoms with E-state index in [-0.39, 0.29) is 36.1 Å². The smallest absolute Gasteiger partial charge is 0.240 e. The van der Waals surface area contributed by atoms with Gasteiger partial charge in [0, 0.05) is 25.3 Å². The molecule has 1 fully saturated rings. The highest BCUT2D eigenvalue weighted by molar-refractivity contribution is 6.07. The van der Waals surface area contributed by atoms with Gasteiger partial charge in [0.05, 0.1) is 11.8 Å². The predicted octanol–water partition coefficient (Wildman–Crippen LogP) is 2.82. The van der Waals surface area contributed by atoms with Gasteiger partial charge in [-0.15, -0.1) is 0 Å². The molecule has 2 heterocycles. The molecule has 0 aromatic heterocycles. The van der Waals surface area contributed by atoms with E-state index in [2.05, 4.69) is 46.6 Å². The average Bonchev–Trinajstić information content (AvgIpc) is 3.33. The van der Waals surface area contributed by atoms with Crippen molar-refractivity contribution in [1.29, 1.82) is 0 Å². The first-order chi connectivity index (χ1) is 15.6. The first kappa shape index (κ1) is 20.5. The third-order valence-electron chi connectivity index (χ3n) is 6.77. The molecule has 32 heavy (non-hydrogen) atoms. The van der Waals surface area contributed by atoms with Gasteiger partial charge in [-0.05, 0) is 42.0 Å². The molecule has 0 bridgehead atoms. The second-order valence-corrected chi connectivity index (χ2v) is 8.81. The molecule has 1 saturated heterocycles. The van der Waals surface area contributed by atoms with Gasteiger partial charge in [0.2, 0.25) is 17.7 Å². The molecule has 2 aromatic rings.